The lowest BCUT2D eigenvalue weighted by molar-refractivity contribution is -0.114. The van der Waals surface area contributed by atoms with Crippen LogP contribution in [0.25, 0.3) is 0 Å². The van der Waals surface area contributed by atoms with E-state index in [9.17, 15) is 9.59 Å². The van der Waals surface area contributed by atoms with Gasteiger partial charge in [0.2, 0.25) is 5.91 Å². The topological polar surface area (TPSA) is 79.5 Å². The molecule has 3 aromatic rings. The van der Waals surface area contributed by atoms with Gasteiger partial charge in [-0.1, -0.05) is 62.9 Å². The summed E-state index contributed by atoms with van der Waals surface area (Å²) in [5.74, 6) is 0.513. The minimum atomic E-state index is -0.168. The van der Waals surface area contributed by atoms with Crippen LogP contribution in [0.5, 0.6) is 5.75 Å². The van der Waals surface area contributed by atoms with Crippen LogP contribution in [0.2, 0.25) is 0 Å². The number of amides is 2. The maximum absolute atomic E-state index is 12.3. The van der Waals surface area contributed by atoms with E-state index in [0.717, 1.165) is 30.0 Å². The molecule has 3 rings (SSSR count). The molecule has 0 aliphatic rings. The third kappa shape index (κ3) is 9.53. The van der Waals surface area contributed by atoms with Gasteiger partial charge in [-0.3, -0.25) is 9.59 Å². The number of carbonyl (C=O) groups excluding carboxylic acids is 2. The van der Waals surface area contributed by atoms with Crippen molar-refractivity contribution in [2.45, 2.75) is 45.6 Å². The first-order valence-electron chi connectivity index (χ1n) is 12.3. The van der Waals surface area contributed by atoms with Crippen LogP contribution in [0, 0.1) is 0 Å². The van der Waals surface area contributed by atoms with Gasteiger partial charge in [-0.25, -0.2) is 0 Å². The van der Waals surface area contributed by atoms with Gasteiger partial charge in [0.15, 0.2) is 0 Å². The van der Waals surface area contributed by atoms with Crippen molar-refractivity contribution in [1.82, 2.24) is 5.32 Å². The van der Waals surface area contributed by atoms with E-state index in [4.69, 9.17) is 4.74 Å². The van der Waals surface area contributed by atoms with Gasteiger partial charge in [0.1, 0.15) is 5.75 Å². The van der Waals surface area contributed by atoms with E-state index >= 15 is 0 Å². The molecule has 0 aliphatic carbocycles. The van der Waals surface area contributed by atoms with Crippen LogP contribution >= 0.6 is 0 Å². The lowest BCUT2D eigenvalue weighted by Gasteiger charge is -2.10. The molecule has 3 N–H and O–H groups in total. The second-order valence-corrected chi connectivity index (χ2v) is 8.43. The molecule has 3 aromatic carbocycles. The lowest BCUT2D eigenvalue weighted by Crippen LogP contribution is -2.23. The number of ether oxygens (including phenoxy) is 1. The molecule has 35 heavy (non-hydrogen) atoms. The first-order chi connectivity index (χ1) is 17.1. The van der Waals surface area contributed by atoms with Gasteiger partial charge in [-0.05, 0) is 60.5 Å². The normalized spacial score (nSPS) is 10.4. The highest BCUT2D eigenvalue weighted by atomic mass is 16.5. The molecule has 0 aliphatic heterocycles. The van der Waals surface area contributed by atoms with Crippen molar-refractivity contribution < 1.29 is 14.3 Å². The van der Waals surface area contributed by atoms with Crippen molar-refractivity contribution in [3.63, 3.8) is 0 Å². The number of hydrogen-bond acceptors (Lipinski definition) is 4. The highest BCUT2D eigenvalue weighted by molar-refractivity contribution is 5.96. The van der Waals surface area contributed by atoms with Crippen LogP contribution in [0.3, 0.4) is 0 Å². The van der Waals surface area contributed by atoms with E-state index in [-0.39, 0.29) is 18.4 Å². The van der Waals surface area contributed by atoms with Crippen molar-refractivity contribution in [3.8, 4) is 5.75 Å². The van der Waals surface area contributed by atoms with Crippen LogP contribution in [0.1, 0.15) is 54.9 Å². The summed E-state index contributed by atoms with van der Waals surface area (Å²) in [5, 5.41) is 8.84. The molecule has 0 atom stereocenters. The van der Waals surface area contributed by atoms with Gasteiger partial charge in [0.05, 0.1) is 13.2 Å². The highest BCUT2D eigenvalue weighted by Gasteiger charge is 2.07. The van der Waals surface area contributed by atoms with Gasteiger partial charge in [0, 0.05) is 23.5 Å². The molecule has 184 valence electrons. The van der Waals surface area contributed by atoms with Crippen LogP contribution in [0.4, 0.5) is 11.4 Å². The van der Waals surface area contributed by atoms with Crippen LogP contribution in [-0.2, 0) is 11.3 Å². The smallest absolute Gasteiger partial charge is 0.251 e. The number of hydrogen-bond donors (Lipinski definition) is 3. The summed E-state index contributed by atoms with van der Waals surface area (Å²) in [6.07, 6.45) is 6.06. The molecule has 0 aromatic heterocycles. The highest BCUT2D eigenvalue weighted by Crippen LogP contribution is 2.16. The third-order valence-electron chi connectivity index (χ3n) is 5.55. The SMILES string of the molecule is CCCCCCCOc1ccc(NCC(=O)Nc2ccc(C(=O)NCc3ccccc3)cc2)cc1. The fourth-order valence-corrected chi connectivity index (χ4v) is 3.54. The number of nitrogens with one attached hydrogen (secondary N) is 3. The van der Waals surface area contributed by atoms with E-state index in [1.54, 1.807) is 24.3 Å². The molecule has 0 spiro atoms. The van der Waals surface area contributed by atoms with E-state index in [0.29, 0.717) is 17.8 Å². The number of unbranched alkanes of at least 4 members (excludes halogenated alkanes) is 4. The zero-order valence-corrected chi connectivity index (χ0v) is 20.4. The summed E-state index contributed by atoms with van der Waals surface area (Å²) in [7, 11) is 0. The van der Waals surface area contributed by atoms with Crippen molar-refractivity contribution in [1.29, 1.82) is 0 Å². The fourth-order valence-electron chi connectivity index (χ4n) is 3.54. The number of anilines is 2. The average Bonchev–Trinajstić information content (AvgIpc) is 2.90. The molecule has 0 unspecified atom stereocenters. The first-order valence-corrected chi connectivity index (χ1v) is 12.3. The monoisotopic (exact) mass is 473 g/mol. The lowest BCUT2D eigenvalue weighted by atomic mass is 10.1. The summed E-state index contributed by atoms with van der Waals surface area (Å²) >= 11 is 0. The van der Waals surface area contributed by atoms with Gasteiger partial charge in [-0.2, -0.15) is 0 Å². The van der Waals surface area contributed by atoms with Gasteiger partial charge in [0.25, 0.3) is 5.91 Å². The molecule has 0 radical (unpaired) electrons. The van der Waals surface area contributed by atoms with Crippen LogP contribution in [0.15, 0.2) is 78.9 Å². The molecule has 0 fully saturated rings. The predicted octanol–water partition coefficient (Wildman–Crippen LogP) is 6.02. The second kappa shape index (κ2) is 14.5. The molecule has 6 nitrogen and oxygen atoms in total. The average molecular weight is 474 g/mol. The molecule has 2 amide bonds. The van der Waals surface area contributed by atoms with Gasteiger partial charge >= 0.3 is 0 Å². The van der Waals surface area contributed by atoms with E-state index < -0.39 is 0 Å². The first kappa shape index (κ1) is 25.8. The Morgan fingerprint density at radius 2 is 1.46 bits per heavy atom. The Kier molecular flexibility index (Phi) is 10.7. The Bertz CT molecular complexity index is 1040. The number of benzene rings is 3. The second-order valence-electron chi connectivity index (χ2n) is 8.43. The van der Waals surface area contributed by atoms with Crippen molar-refractivity contribution >= 4 is 23.2 Å². The Morgan fingerprint density at radius 1 is 0.771 bits per heavy atom. The predicted molar refractivity (Wildman–Crippen MR) is 142 cm³/mol. The molecule has 6 heteroatoms. The number of rotatable bonds is 14. The zero-order chi connectivity index (χ0) is 24.7. The van der Waals surface area contributed by atoms with Crippen molar-refractivity contribution in [2.75, 3.05) is 23.8 Å². The van der Waals surface area contributed by atoms with Gasteiger partial charge < -0.3 is 20.7 Å². The quantitative estimate of drug-likeness (QED) is 0.250. The van der Waals surface area contributed by atoms with E-state index in [2.05, 4.69) is 22.9 Å². The Morgan fingerprint density at radius 3 is 2.17 bits per heavy atom. The largest absolute Gasteiger partial charge is 0.494 e. The van der Waals surface area contributed by atoms with Crippen LogP contribution < -0.4 is 20.7 Å². The van der Waals surface area contributed by atoms with Gasteiger partial charge in [-0.15, -0.1) is 0 Å². The fraction of sp³-hybridized carbons (Fsp3) is 0.310. The molecule has 0 saturated carbocycles. The van der Waals surface area contributed by atoms with Crippen molar-refractivity contribution in [3.05, 3.63) is 90.0 Å². The zero-order valence-electron chi connectivity index (χ0n) is 20.4. The Labute approximate surface area is 208 Å². The molecule has 0 heterocycles. The standard InChI is InChI=1S/C29H35N3O3/c1-2-3-4-5-9-20-35-27-18-16-25(17-19-27)30-22-28(33)32-26-14-12-24(13-15-26)29(34)31-21-23-10-7-6-8-11-23/h6-8,10-19,30H,2-5,9,20-22H2,1H3,(H,31,34)(H,32,33). The molecular weight excluding hydrogens is 438 g/mol. The van der Waals surface area contributed by atoms with E-state index in [1.165, 1.54) is 25.7 Å². The number of carbonyl (C=O) groups is 2. The maximum atomic E-state index is 12.3. The summed E-state index contributed by atoms with van der Waals surface area (Å²) in [4.78, 5) is 24.6. The Hall–Kier alpha value is -3.80. The molecular formula is C29H35N3O3. The molecule has 0 saturated heterocycles. The minimum Gasteiger partial charge on any atom is -0.494 e. The third-order valence-corrected chi connectivity index (χ3v) is 5.55. The Balaban J connectivity index is 1.36. The molecule has 0 bridgehead atoms. The minimum absolute atomic E-state index is 0.136. The summed E-state index contributed by atoms with van der Waals surface area (Å²) in [6, 6.07) is 24.2. The van der Waals surface area contributed by atoms with E-state index in [1.807, 2.05) is 54.6 Å². The maximum Gasteiger partial charge on any atom is 0.251 e. The summed E-state index contributed by atoms with van der Waals surface area (Å²) in [5.41, 5.74) is 3.07. The summed E-state index contributed by atoms with van der Waals surface area (Å²) in [6.45, 7) is 3.54. The van der Waals surface area contributed by atoms with Crippen molar-refractivity contribution in [2.24, 2.45) is 0 Å². The van der Waals surface area contributed by atoms with Crippen LogP contribution in [-0.4, -0.2) is 25.0 Å². The summed E-state index contributed by atoms with van der Waals surface area (Å²) < 4.78 is 5.77.